The first-order chi connectivity index (χ1) is 14.1. The lowest BCUT2D eigenvalue weighted by Gasteiger charge is -2.21. The van der Waals surface area contributed by atoms with Crippen molar-refractivity contribution in [3.05, 3.63) is 65.4 Å². The van der Waals surface area contributed by atoms with Gasteiger partial charge in [-0.3, -0.25) is 4.79 Å². The molecule has 0 bridgehead atoms. The molecule has 150 valence electrons. The number of benzene rings is 2. The van der Waals surface area contributed by atoms with Crippen LogP contribution in [0.15, 0.2) is 53.1 Å². The monoisotopic (exact) mass is 413 g/mol. The minimum absolute atomic E-state index is 0.154. The predicted octanol–water partition coefficient (Wildman–Crippen LogP) is 5.31. The van der Waals surface area contributed by atoms with E-state index in [1.807, 2.05) is 12.1 Å². The zero-order valence-corrected chi connectivity index (χ0v) is 16.6. The van der Waals surface area contributed by atoms with Gasteiger partial charge in [0, 0.05) is 31.0 Å². The largest absolute Gasteiger partial charge is 0.441 e. The molecule has 0 saturated carbocycles. The van der Waals surface area contributed by atoms with E-state index in [0.717, 1.165) is 31.6 Å². The smallest absolute Gasteiger partial charge is 0.224 e. The molecule has 5 nitrogen and oxygen atoms in total. The van der Waals surface area contributed by atoms with Gasteiger partial charge in [-0.15, -0.1) is 0 Å². The highest BCUT2D eigenvalue weighted by Crippen LogP contribution is 2.32. The van der Waals surface area contributed by atoms with Gasteiger partial charge in [0.2, 0.25) is 5.91 Å². The molecular formula is C22H21ClFN3O2. The van der Waals surface area contributed by atoms with E-state index in [4.69, 9.17) is 16.0 Å². The first kappa shape index (κ1) is 19.5. The van der Waals surface area contributed by atoms with Gasteiger partial charge in [-0.2, -0.15) is 0 Å². The lowest BCUT2D eigenvalue weighted by molar-refractivity contribution is -0.116. The van der Waals surface area contributed by atoms with Crippen LogP contribution >= 0.6 is 11.6 Å². The van der Waals surface area contributed by atoms with Crippen LogP contribution in [-0.2, 0) is 11.2 Å². The molecule has 0 aliphatic carbocycles. The fourth-order valence-corrected chi connectivity index (χ4v) is 3.66. The summed E-state index contributed by atoms with van der Waals surface area (Å²) in [6, 6.07) is 11.9. The Hall–Kier alpha value is -2.86. The van der Waals surface area contributed by atoms with Gasteiger partial charge in [0.05, 0.1) is 23.1 Å². The van der Waals surface area contributed by atoms with E-state index in [-0.39, 0.29) is 18.1 Å². The van der Waals surface area contributed by atoms with Crippen molar-refractivity contribution in [1.82, 2.24) is 4.98 Å². The molecule has 1 aromatic heterocycles. The minimum Gasteiger partial charge on any atom is -0.441 e. The molecule has 0 radical (unpaired) electrons. The third-order valence-corrected chi connectivity index (χ3v) is 5.17. The topological polar surface area (TPSA) is 58.4 Å². The summed E-state index contributed by atoms with van der Waals surface area (Å²) < 4.78 is 19.5. The average molecular weight is 414 g/mol. The number of rotatable bonds is 6. The van der Waals surface area contributed by atoms with Crippen molar-refractivity contribution in [2.75, 3.05) is 23.3 Å². The van der Waals surface area contributed by atoms with E-state index in [2.05, 4.69) is 15.2 Å². The average Bonchev–Trinajstić information content (AvgIpc) is 3.39. The lowest BCUT2D eigenvalue weighted by Crippen LogP contribution is -2.21. The number of carbonyl (C=O) groups excluding carboxylic acids is 1. The third kappa shape index (κ3) is 4.59. The first-order valence-electron chi connectivity index (χ1n) is 9.64. The van der Waals surface area contributed by atoms with Crippen LogP contribution in [0.3, 0.4) is 0 Å². The van der Waals surface area contributed by atoms with Crippen molar-refractivity contribution in [1.29, 1.82) is 0 Å². The van der Waals surface area contributed by atoms with Crippen molar-refractivity contribution in [3.8, 4) is 11.3 Å². The molecular weight excluding hydrogens is 393 g/mol. The number of carbonyl (C=O) groups is 1. The van der Waals surface area contributed by atoms with Crippen molar-refractivity contribution in [3.63, 3.8) is 0 Å². The number of oxazole rings is 1. The second-order valence-electron chi connectivity index (χ2n) is 7.00. The molecule has 7 heteroatoms. The van der Waals surface area contributed by atoms with E-state index in [1.165, 1.54) is 12.3 Å². The van der Waals surface area contributed by atoms with Crippen molar-refractivity contribution in [2.24, 2.45) is 0 Å². The maximum absolute atomic E-state index is 13.9. The van der Waals surface area contributed by atoms with E-state index < -0.39 is 0 Å². The summed E-state index contributed by atoms with van der Waals surface area (Å²) in [6.45, 7) is 1.94. The molecule has 1 fully saturated rings. The molecule has 1 amide bonds. The molecule has 0 spiro atoms. The van der Waals surface area contributed by atoms with Crippen LogP contribution in [0.5, 0.6) is 0 Å². The summed E-state index contributed by atoms with van der Waals surface area (Å²) in [5.74, 6) is 0.218. The number of nitrogens with one attached hydrogen (secondary N) is 1. The molecule has 2 heterocycles. The molecule has 0 atom stereocenters. The number of aromatic nitrogens is 1. The van der Waals surface area contributed by atoms with Gasteiger partial charge >= 0.3 is 0 Å². The second-order valence-corrected chi connectivity index (χ2v) is 7.44. The summed E-state index contributed by atoms with van der Waals surface area (Å²) in [5, 5.41) is 3.53. The Kier molecular flexibility index (Phi) is 5.81. The number of halogens is 2. The van der Waals surface area contributed by atoms with Crippen LogP contribution in [0.4, 0.5) is 15.8 Å². The molecule has 3 aromatic rings. The highest BCUT2D eigenvalue weighted by Gasteiger charge is 2.18. The Labute approximate surface area is 173 Å². The minimum atomic E-state index is -0.372. The summed E-state index contributed by atoms with van der Waals surface area (Å²) >= 11 is 6.13. The molecule has 2 aromatic carbocycles. The molecule has 1 N–H and O–H groups in total. The van der Waals surface area contributed by atoms with Crippen molar-refractivity contribution in [2.45, 2.75) is 25.7 Å². The van der Waals surface area contributed by atoms with Crippen LogP contribution in [-0.4, -0.2) is 24.0 Å². The van der Waals surface area contributed by atoms with Crippen molar-refractivity contribution >= 4 is 28.9 Å². The van der Waals surface area contributed by atoms with E-state index >= 15 is 0 Å². The number of amides is 1. The predicted molar refractivity (Wildman–Crippen MR) is 112 cm³/mol. The molecule has 1 aliphatic rings. The molecule has 0 unspecified atom stereocenters. The van der Waals surface area contributed by atoms with E-state index in [1.54, 1.807) is 24.3 Å². The lowest BCUT2D eigenvalue weighted by atomic mass is 10.2. The SMILES string of the molecule is O=C(CCc1ncc(-c2ccccc2F)o1)Nc1cc(Cl)ccc1N1CCCC1. The maximum atomic E-state index is 13.9. The summed E-state index contributed by atoms with van der Waals surface area (Å²) in [5.41, 5.74) is 2.05. The molecule has 4 rings (SSSR count). The van der Waals surface area contributed by atoms with Crippen LogP contribution in [0, 0.1) is 5.82 Å². The Morgan fingerprint density at radius 2 is 2.00 bits per heavy atom. The number of anilines is 2. The number of aryl methyl sites for hydroxylation is 1. The zero-order chi connectivity index (χ0) is 20.2. The van der Waals surface area contributed by atoms with Crippen LogP contribution in [0.2, 0.25) is 5.02 Å². The summed E-state index contributed by atoms with van der Waals surface area (Å²) in [6.07, 6.45) is 4.28. The van der Waals surface area contributed by atoms with Crippen molar-refractivity contribution < 1.29 is 13.6 Å². The van der Waals surface area contributed by atoms with E-state index in [0.29, 0.717) is 34.3 Å². The third-order valence-electron chi connectivity index (χ3n) is 4.94. The summed E-state index contributed by atoms with van der Waals surface area (Å²) in [7, 11) is 0. The van der Waals surface area contributed by atoms with Gasteiger partial charge < -0.3 is 14.6 Å². The molecule has 1 saturated heterocycles. The number of nitrogens with zero attached hydrogens (tertiary/aromatic N) is 2. The second kappa shape index (κ2) is 8.66. The summed E-state index contributed by atoms with van der Waals surface area (Å²) in [4.78, 5) is 18.9. The number of hydrogen-bond donors (Lipinski definition) is 1. The first-order valence-corrected chi connectivity index (χ1v) is 10.0. The number of hydrogen-bond acceptors (Lipinski definition) is 4. The maximum Gasteiger partial charge on any atom is 0.224 e. The standard InChI is InChI=1S/C22H21ClFN3O2/c23-15-7-8-19(27-11-3-4-12-27)18(13-15)26-21(28)9-10-22-25-14-20(29-22)16-5-1-2-6-17(16)24/h1-2,5-8,13-14H,3-4,9-12H2,(H,26,28). The van der Waals surface area contributed by atoms with Gasteiger partial charge in [-0.05, 0) is 43.2 Å². The molecule has 1 aliphatic heterocycles. The van der Waals surface area contributed by atoms with Crippen LogP contribution < -0.4 is 10.2 Å². The fourth-order valence-electron chi connectivity index (χ4n) is 3.49. The Bertz CT molecular complexity index is 1010. The highest BCUT2D eigenvalue weighted by molar-refractivity contribution is 6.31. The normalized spacial score (nSPS) is 13.7. The molecule has 29 heavy (non-hydrogen) atoms. The van der Waals surface area contributed by atoms with Gasteiger partial charge in [-0.1, -0.05) is 23.7 Å². The van der Waals surface area contributed by atoms with Gasteiger partial charge in [0.25, 0.3) is 0 Å². The Balaban J connectivity index is 1.40. The highest BCUT2D eigenvalue weighted by atomic mass is 35.5. The fraction of sp³-hybridized carbons (Fsp3) is 0.273. The van der Waals surface area contributed by atoms with Gasteiger partial charge in [-0.25, -0.2) is 9.37 Å². The van der Waals surface area contributed by atoms with E-state index in [9.17, 15) is 9.18 Å². The van der Waals surface area contributed by atoms with Gasteiger partial charge in [0.1, 0.15) is 5.82 Å². The van der Waals surface area contributed by atoms with Crippen LogP contribution in [0.25, 0.3) is 11.3 Å². The Morgan fingerprint density at radius 3 is 2.79 bits per heavy atom. The zero-order valence-electron chi connectivity index (χ0n) is 15.8. The Morgan fingerprint density at radius 1 is 1.21 bits per heavy atom. The van der Waals surface area contributed by atoms with Gasteiger partial charge in [0.15, 0.2) is 11.7 Å². The van der Waals surface area contributed by atoms with Crippen LogP contribution in [0.1, 0.15) is 25.2 Å². The quantitative estimate of drug-likeness (QED) is 0.595.